The molecule has 15 nitrogen and oxygen atoms in total. The molecule has 42 heavy (non-hydrogen) atoms. The fraction of sp³-hybridized carbons (Fsp3) is 0. The number of hydrogen-bond acceptors (Lipinski definition) is 14. The Morgan fingerprint density at radius 1 is 0.595 bits per heavy atom. The maximum absolute atomic E-state index is 9.34. The Hall–Kier alpha value is -5.07. The molecular formula is C27H19N3O12. The average molecular weight is 577 g/mol. The second kappa shape index (κ2) is 14.5. The van der Waals surface area contributed by atoms with Crippen LogP contribution in [0, 0.1) is 0 Å². The van der Waals surface area contributed by atoms with E-state index in [2.05, 4.69) is 121 Å². The smallest absolute Gasteiger partial charge is 0.334 e. The summed E-state index contributed by atoms with van der Waals surface area (Å²) in [6.45, 7) is -0.108. The molecule has 0 aliphatic carbocycles. The molecule has 6 aromatic rings. The van der Waals surface area contributed by atoms with Gasteiger partial charge in [-0.2, -0.15) is 0 Å². The lowest BCUT2D eigenvalue weighted by Gasteiger charge is -2.08. The highest BCUT2D eigenvalue weighted by atomic mass is 17.9. The van der Waals surface area contributed by atoms with Gasteiger partial charge in [0.1, 0.15) is 0 Å². The zero-order valence-corrected chi connectivity index (χ0v) is 21.2. The fourth-order valence-corrected chi connectivity index (χ4v) is 4.09. The molecule has 0 amide bonds. The Labute approximate surface area is 234 Å². The first kappa shape index (κ1) is 28.5. The lowest BCUT2D eigenvalue weighted by atomic mass is 10.2. The van der Waals surface area contributed by atoms with E-state index in [0.29, 0.717) is 11.8 Å². The summed E-state index contributed by atoms with van der Waals surface area (Å²) in [5, 5.41) is 44.7. The lowest BCUT2D eigenvalue weighted by Crippen LogP contribution is -2.01. The second-order valence-corrected chi connectivity index (χ2v) is 7.94. The van der Waals surface area contributed by atoms with Crippen molar-refractivity contribution in [3.63, 3.8) is 0 Å². The summed E-state index contributed by atoms with van der Waals surface area (Å²) in [5.41, 5.74) is 5.29. The van der Waals surface area contributed by atoms with Crippen LogP contribution < -0.4 is 0 Å². The quantitative estimate of drug-likeness (QED) is 0.0828. The minimum Gasteiger partial charge on any atom is -0.416 e. The Morgan fingerprint density at radius 3 is 1.67 bits per heavy atom. The van der Waals surface area contributed by atoms with Gasteiger partial charge in [0, 0.05) is 47.7 Å². The van der Waals surface area contributed by atoms with Crippen molar-refractivity contribution in [3.05, 3.63) is 103 Å². The first-order chi connectivity index (χ1) is 20.8. The maximum Gasteiger partial charge on any atom is 0.334 e. The number of fused-ring (bicyclic) bond motifs is 3. The highest BCUT2D eigenvalue weighted by Gasteiger charge is 2.13. The van der Waals surface area contributed by atoms with E-state index >= 15 is 0 Å². The molecule has 0 saturated heterocycles. The van der Waals surface area contributed by atoms with Crippen molar-refractivity contribution in [2.75, 3.05) is 0 Å². The Kier molecular flexibility index (Phi) is 9.84. The highest BCUT2D eigenvalue weighted by molar-refractivity contribution is 6.09. The van der Waals surface area contributed by atoms with Crippen LogP contribution >= 0.6 is 0 Å². The first-order valence-electron chi connectivity index (χ1n) is 11.9. The molecule has 0 atom stereocenters. The molecule has 6 rings (SSSR count). The van der Waals surface area contributed by atoms with Gasteiger partial charge in [0.2, 0.25) is 11.8 Å². The van der Waals surface area contributed by atoms with E-state index in [9.17, 15) is 4.79 Å². The number of rotatable bonds is 12. The Bertz CT molecular complexity index is 1650. The summed E-state index contributed by atoms with van der Waals surface area (Å²) in [6.07, 6.45) is 0. The summed E-state index contributed by atoms with van der Waals surface area (Å²) in [5.74, 6) is 1.04. The third-order valence-electron chi connectivity index (χ3n) is 5.67. The summed E-state index contributed by atoms with van der Waals surface area (Å²) < 4.78 is 8.19. The number of nitrogens with zero attached hydrogens (tertiary/aromatic N) is 3. The molecule has 0 aliphatic rings. The summed E-state index contributed by atoms with van der Waals surface area (Å²) >= 11 is 0. The van der Waals surface area contributed by atoms with Gasteiger partial charge < -0.3 is 8.98 Å². The van der Waals surface area contributed by atoms with Gasteiger partial charge in [-0.3, -0.25) is 9.68 Å². The third-order valence-corrected chi connectivity index (χ3v) is 5.67. The van der Waals surface area contributed by atoms with E-state index < -0.39 is 0 Å². The van der Waals surface area contributed by atoms with Crippen molar-refractivity contribution in [2.45, 2.75) is 0 Å². The van der Waals surface area contributed by atoms with E-state index in [1.165, 1.54) is 21.8 Å². The summed E-state index contributed by atoms with van der Waals surface area (Å²) in [6, 6.07) is 35.1. The molecule has 0 unspecified atom stereocenters. The monoisotopic (exact) mass is 577 g/mol. The van der Waals surface area contributed by atoms with Gasteiger partial charge >= 0.3 is 6.47 Å². The van der Waals surface area contributed by atoms with Crippen LogP contribution in [0.5, 0.6) is 0 Å². The first-order valence-corrected chi connectivity index (χ1v) is 11.9. The van der Waals surface area contributed by atoms with Gasteiger partial charge in [-0.05, 0) is 68.7 Å². The van der Waals surface area contributed by atoms with Crippen molar-refractivity contribution in [1.82, 2.24) is 14.8 Å². The third kappa shape index (κ3) is 6.79. The number of hydrogen-bond donors (Lipinski definition) is 1. The SMILES string of the molecule is O=COOOOOOOOOO.c1ccc(-c2nnc(-c3ccc(-n4c5ccccc5c5ccccc54)cc3)o2)cc1. The van der Waals surface area contributed by atoms with Crippen LogP contribution in [0.4, 0.5) is 0 Å². The van der Waals surface area contributed by atoms with Crippen LogP contribution in [0.3, 0.4) is 0 Å². The minimum atomic E-state index is -0.108. The standard InChI is InChI=1S/C26H17N3O.CH2O11/c1-2-8-18(9-3-1)25-27-28-26(30-25)19-14-16-20(17-15-19)29-23-12-6-4-10-21(23)22-11-5-7-13-24(22)29;2-1-4-6-8-10-12-11-9-7-5-3/h1-17H;1,3H. The van der Waals surface area contributed by atoms with Gasteiger partial charge in [0.15, 0.2) is 0 Å². The van der Waals surface area contributed by atoms with Crippen LogP contribution in [0.1, 0.15) is 0 Å². The van der Waals surface area contributed by atoms with E-state index in [0.717, 1.165) is 16.8 Å². The van der Waals surface area contributed by atoms with Crippen LogP contribution in [-0.2, 0) is 50.0 Å². The van der Waals surface area contributed by atoms with Gasteiger partial charge in [0.25, 0.3) is 0 Å². The van der Waals surface area contributed by atoms with Gasteiger partial charge in [-0.25, -0.2) is 5.26 Å². The topological polar surface area (TPSA) is 164 Å². The van der Waals surface area contributed by atoms with Crippen molar-refractivity contribution < 1.29 is 59.7 Å². The van der Waals surface area contributed by atoms with Gasteiger partial charge in [0.05, 0.1) is 11.0 Å². The number of aromatic nitrogens is 3. The van der Waals surface area contributed by atoms with Crippen LogP contribution in [0.2, 0.25) is 0 Å². The summed E-state index contributed by atoms with van der Waals surface area (Å²) in [7, 11) is 0. The molecule has 15 heteroatoms. The van der Waals surface area contributed by atoms with Crippen LogP contribution in [0.15, 0.2) is 108 Å². The molecule has 0 bridgehead atoms. The molecule has 0 saturated carbocycles. The Morgan fingerprint density at radius 2 is 1.10 bits per heavy atom. The van der Waals surface area contributed by atoms with Gasteiger partial charge in [-0.15, -0.1) is 10.2 Å². The van der Waals surface area contributed by atoms with Gasteiger partial charge in [-0.1, -0.05) is 54.6 Å². The van der Waals surface area contributed by atoms with E-state index in [1.807, 2.05) is 42.5 Å². The molecule has 0 spiro atoms. The molecule has 214 valence electrons. The predicted octanol–water partition coefficient (Wildman–Crippen LogP) is 5.59. The molecule has 1 N–H and O–H groups in total. The highest BCUT2D eigenvalue weighted by Crippen LogP contribution is 2.32. The van der Waals surface area contributed by atoms with Crippen molar-refractivity contribution in [3.8, 4) is 28.6 Å². The minimum absolute atomic E-state index is 0.108. The molecule has 2 aromatic heterocycles. The fourth-order valence-electron chi connectivity index (χ4n) is 4.09. The van der Waals surface area contributed by atoms with E-state index in [1.54, 1.807) is 0 Å². The number of carbonyl (C=O) groups excluding carboxylic acids is 1. The molecule has 0 fully saturated rings. The number of para-hydroxylation sites is 2. The zero-order valence-electron chi connectivity index (χ0n) is 21.2. The van der Waals surface area contributed by atoms with E-state index in [4.69, 9.17) is 9.67 Å². The molecular weight excluding hydrogens is 558 g/mol. The maximum atomic E-state index is 9.34. The molecule has 0 aliphatic heterocycles. The number of carbonyl (C=O) groups is 1. The molecule has 4 aromatic carbocycles. The van der Waals surface area contributed by atoms with Crippen LogP contribution in [-0.4, -0.2) is 26.5 Å². The predicted molar refractivity (Wildman–Crippen MR) is 138 cm³/mol. The van der Waals surface area contributed by atoms with Crippen molar-refractivity contribution >= 4 is 28.3 Å². The van der Waals surface area contributed by atoms with Crippen molar-refractivity contribution in [1.29, 1.82) is 0 Å². The average Bonchev–Trinajstić information content (AvgIpc) is 3.67. The van der Waals surface area contributed by atoms with Crippen LogP contribution in [0.25, 0.3) is 50.4 Å². The largest absolute Gasteiger partial charge is 0.416 e. The molecule has 2 heterocycles. The summed E-state index contributed by atoms with van der Waals surface area (Å²) in [4.78, 5) is 12.8. The lowest BCUT2D eigenvalue weighted by molar-refractivity contribution is -0.841. The van der Waals surface area contributed by atoms with E-state index in [-0.39, 0.29) is 6.47 Å². The number of benzene rings is 4. The van der Waals surface area contributed by atoms with Crippen molar-refractivity contribution in [2.24, 2.45) is 0 Å². The normalized spacial score (nSPS) is 10.9. The second-order valence-electron chi connectivity index (χ2n) is 7.94. The molecule has 0 radical (unpaired) electrons. The Balaban J connectivity index is 0.000000252. The zero-order chi connectivity index (χ0) is 29.0.